The van der Waals surface area contributed by atoms with Gasteiger partial charge in [-0.3, -0.25) is 0 Å². The Kier molecular flexibility index (Phi) is 3.55. The molecule has 0 fully saturated rings. The molecule has 0 amide bonds. The van der Waals surface area contributed by atoms with Crippen LogP contribution in [0.25, 0.3) is 0 Å². The van der Waals surface area contributed by atoms with Crippen molar-refractivity contribution in [3.63, 3.8) is 0 Å². The molecule has 2 rings (SSSR count). The van der Waals surface area contributed by atoms with Gasteiger partial charge in [-0.15, -0.1) is 0 Å². The second kappa shape index (κ2) is 5.11. The van der Waals surface area contributed by atoms with Crippen LogP contribution in [0.4, 0.5) is 0 Å². The maximum Gasteiger partial charge on any atom is 0.120 e. The van der Waals surface area contributed by atoms with Gasteiger partial charge in [0.05, 0.1) is 0 Å². The summed E-state index contributed by atoms with van der Waals surface area (Å²) in [7, 11) is 0. The predicted octanol–water partition coefficient (Wildman–Crippen LogP) is 3.93. The molecule has 88 valence electrons. The molecule has 3 heteroatoms. The zero-order chi connectivity index (χ0) is 12.3. The second-order valence-corrected chi connectivity index (χ2v) is 4.30. The van der Waals surface area contributed by atoms with Gasteiger partial charge in [-0.25, -0.2) is 0 Å². The average Bonchev–Trinajstić information content (AvgIpc) is 2.31. The zero-order valence-corrected chi connectivity index (χ0v) is 10.2. The molecule has 2 aromatic carbocycles. The van der Waals surface area contributed by atoms with Crippen LogP contribution in [0.1, 0.15) is 11.1 Å². The maximum atomic E-state index is 9.39. The summed E-state index contributed by atoms with van der Waals surface area (Å²) in [6, 6.07) is 12.7. The molecule has 2 aromatic rings. The van der Waals surface area contributed by atoms with E-state index >= 15 is 0 Å². The fourth-order valence-corrected chi connectivity index (χ4v) is 1.72. The standard InChI is InChI=1S/C14H13ClO2/c1-10-7-13(5-6-14(10)16)17-9-11-3-2-4-12(15)8-11/h2-8,16H,9H2,1H3. The quantitative estimate of drug-likeness (QED) is 0.892. The summed E-state index contributed by atoms with van der Waals surface area (Å²) < 4.78 is 5.61. The number of hydrogen-bond donors (Lipinski definition) is 1. The fraction of sp³-hybridized carbons (Fsp3) is 0.143. The number of rotatable bonds is 3. The molecule has 0 heterocycles. The van der Waals surface area contributed by atoms with Crippen molar-refractivity contribution < 1.29 is 9.84 Å². The highest BCUT2D eigenvalue weighted by atomic mass is 35.5. The van der Waals surface area contributed by atoms with Crippen molar-refractivity contribution in [2.24, 2.45) is 0 Å². The second-order valence-electron chi connectivity index (χ2n) is 3.87. The Balaban J connectivity index is 2.05. The smallest absolute Gasteiger partial charge is 0.120 e. The minimum Gasteiger partial charge on any atom is -0.508 e. The van der Waals surface area contributed by atoms with E-state index in [2.05, 4.69) is 0 Å². The van der Waals surface area contributed by atoms with E-state index in [-0.39, 0.29) is 5.75 Å². The number of aryl methyl sites for hydroxylation is 1. The van der Waals surface area contributed by atoms with Crippen LogP contribution in [0.15, 0.2) is 42.5 Å². The van der Waals surface area contributed by atoms with E-state index in [0.717, 1.165) is 16.9 Å². The first kappa shape index (κ1) is 11.8. The van der Waals surface area contributed by atoms with Crippen LogP contribution in [0.5, 0.6) is 11.5 Å². The van der Waals surface area contributed by atoms with Crippen LogP contribution in [0, 0.1) is 6.92 Å². The summed E-state index contributed by atoms with van der Waals surface area (Å²) in [4.78, 5) is 0. The van der Waals surface area contributed by atoms with Crippen LogP contribution >= 0.6 is 11.6 Å². The lowest BCUT2D eigenvalue weighted by Gasteiger charge is -2.08. The van der Waals surface area contributed by atoms with Gasteiger partial charge in [0, 0.05) is 5.02 Å². The van der Waals surface area contributed by atoms with Gasteiger partial charge in [-0.2, -0.15) is 0 Å². The van der Waals surface area contributed by atoms with Crippen molar-refractivity contribution >= 4 is 11.6 Å². The first-order valence-corrected chi connectivity index (χ1v) is 5.70. The minimum atomic E-state index is 0.278. The Morgan fingerprint density at radius 1 is 1.18 bits per heavy atom. The largest absolute Gasteiger partial charge is 0.508 e. The number of aromatic hydroxyl groups is 1. The summed E-state index contributed by atoms with van der Waals surface area (Å²) in [5.74, 6) is 1.01. The summed E-state index contributed by atoms with van der Waals surface area (Å²) in [6.07, 6.45) is 0. The molecule has 17 heavy (non-hydrogen) atoms. The van der Waals surface area contributed by atoms with Crippen molar-refractivity contribution in [2.45, 2.75) is 13.5 Å². The molecular formula is C14H13ClO2. The van der Waals surface area contributed by atoms with Crippen LogP contribution in [0.2, 0.25) is 5.02 Å². The number of hydrogen-bond acceptors (Lipinski definition) is 2. The third-order valence-electron chi connectivity index (χ3n) is 2.46. The molecule has 2 nitrogen and oxygen atoms in total. The van der Waals surface area contributed by atoms with E-state index in [1.807, 2.05) is 31.2 Å². The van der Waals surface area contributed by atoms with Crippen LogP contribution in [-0.4, -0.2) is 5.11 Å². The molecule has 1 N–H and O–H groups in total. The molecule has 0 unspecified atom stereocenters. The van der Waals surface area contributed by atoms with E-state index in [0.29, 0.717) is 11.6 Å². The average molecular weight is 249 g/mol. The maximum absolute atomic E-state index is 9.39. The zero-order valence-electron chi connectivity index (χ0n) is 9.48. The van der Waals surface area contributed by atoms with Gasteiger partial charge >= 0.3 is 0 Å². The van der Waals surface area contributed by atoms with Crippen molar-refractivity contribution in [3.8, 4) is 11.5 Å². The SMILES string of the molecule is Cc1cc(OCc2cccc(Cl)c2)ccc1O. The Bertz CT molecular complexity index is 523. The molecule has 0 aliphatic heterocycles. The summed E-state index contributed by atoms with van der Waals surface area (Å²) in [5, 5.41) is 10.1. The Hall–Kier alpha value is -1.67. The highest BCUT2D eigenvalue weighted by molar-refractivity contribution is 6.30. The fourth-order valence-electron chi connectivity index (χ4n) is 1.51. The lowest BCUT2D eigenvalue weighted by molar-refractivity contribution is 0.305. The van der Waals surface area contributed by atoms with Gasteiger partial charge in [0.1, 0.15) is 18.1 Å². The Labute approximate surface area is 105 Å². The topological polar surface area (TPSA) is 29.5 Å². The first-order valence-electron chi connectivity index (χ1n) is 5.32. The summed E-state index contributed by atoms with van der Waals surface area (Å²) in [6.45, 7) is 2.30. The molecule has 0 aliphatic rings. The third kappa shape index (κ3) is 3.14. The van der Waals surface area contributed by atoms with Gasteiger partial charge < -0.3 is 9.84 Å². The molecule has 0 saturated carbocycles. The van der Waals surface area contributed by atoms with Crippen LogP contribution < -0.4 is 4.74 Å². The Morgan fingerprint density at radius 3 is 2.71 bits per heavy atom. The van der Waals surface area contributed by atoms with E-state index < -0.39 is 0 Å². The molecule has 0 atom stereocenters. The monoisotopic (exact) mass is 248 g/mol. The highest BCUT2D eigenvalue weighted by Crippen LogP contribution is 2.22. The minimum absolute atomic E-state index is 0.278. The predicted molar refractivity (Wildman–Crippen MR) is 68.6 cm³/mol. The Morgan fingerprint density at radius 2 is 2.00 bits per heavy atom. The van der Waals surface area contributed by atoms with Gasteiger partial charge in [0.25, 0.3) is 0 Å². The van der Waals surface area contributed by atoms with Crippen molar-refractivity contribution in [2.75, 3.05) is 0 Å². The summed E-state index contributed by atoms with van der Waals surface area (Å²) >= 11 is 5.88. The highest BCUT2D eigenvalue weighted by Gasteiger charge is 2.00. The number of phenols is 1. The molecule has 0 spiro atoms. The van der Waals surface area contributed by atoms with Crippen molar-refractivity contribution in [1.29, 1.82) is 0 Å². The molecule has 0 aliphatic carbocycles. The first-order chi connectivity index (χ1) is 8.15. The van der Waals surface area contributed by atoms with Gasteiger partial charge in [0.2, 0.25) is 0 Å². The molecule has 0 radical (unpaired) electrons. The van der Waals surface area contributed by atoms with Gasteiger partial charge in [0.15, 0.2) is 0 Å². The van der Waals surface area contributed by atoms with Crippen LogP contribution in [0.3, 0.4) is 0 Å². The van der Waals surface area contributed by atoms with Crippen LogP contribution in [-0.2, 0) is 6.61 Å². The molecule has 0 aromatic heterocycles. The van der Waals surface area contributed by atoms with E-state index in [1.54, 1.807) is 18.2 Å². The van der Waals surface area contributed by atoms with Gasteiger partial charge in [-0.1, -0.05) is 23.7 Å². The molecule has 0 saturated heterocycles. The van der Waals surface area contributed by atoms with E-state index in [4.69, 9.17) is 16.3 Å². The van der Waals surface area contributed by atoms with Gasteiger partial charge in [-0.05, 0) is 48.4 Å². The van der Waals surface area contributed by atoms with Crippen molar-refractivity contribution in [3.05, 3.63) is 58.6 Å². The lowest BCUT2D eigenvalue weighted by Crippen LogP contribution is -1.95. The number of ether oxygens (including phenoxy) is 1. The lowest BCUT2D eigenvalue weighted by atomic mass is 10.2. The summed E-state index contributed by atoms with van der Waals surface area (Å²) in [5.41, 5.74) is 1.82. The van der Waals surface area contributed by atoms with E-state index in [9.17, 15) is 5.11 Å². The molecular weight excluding hydrogens is 236 g/mol. The number of phenolic OH excluding ortho intramolecular Hbond substituents is 1. The van der Waals surface area contributed by atoms with Crippen molar-refractivity contribution in [1.82, 2.24) is 0 Å². The molecule has 0 bridgehead atoms. The number of benzene rings is 2. The normalized spacial score (nSPS) is 10.2. The number of halogens is 1. The third-order valence-corrected chi connectivity index (χ3v) is 2.70. The van der Waals surface area contributed by atoms with E-state index in [1.165, 1.54) is 0 Å².